The fraction of sp³-hybridized carbons (Fsp3) is 0.0500. The summed E-state index contributed by atoms with van der Waals surface area (Å²) in [5.41, 5.74) is 3.11. The Morgan fingerprint density at radius 3 is 2.52 bits per heavy atom. The number of benzene rings is 2. The van der Waals surface area contributed by atoms with Crippen LogP contribution in [0.1, 0.15) is 21.7 Å². The summed E-state index contributed by atoms with van der Waals surface area (Å²) in [4.78, 5) is 30.6. The summed E-state index contributed by atoms with van der Waals surface area (Å²) >= 11 is 1.42. The Hall–Kier alpha value is -3.05. The second-order valence-electron chi connectivity index (χ2n) is 6.00. The molecule has 0 saturated heterocycles. The van der Waals surface area contributed by atoms with E-state index in [2.05, 4.69) is 4.98 Å². The molecule has 0 fully saturated rings. The van der Waals surface area contributed by atoms with Crippen molar-refractivity contribution in [1.82, 2.24) is 9.55 Å². The van der Waals surface area contributed by atoms with Gasteiger partial charge in [0.15, 0.2) is 0 Å². The van der Waals surface area contributed by atoms with E-state index >= 15 is 0 Å². The molecular formula is C20H12N2O2S. The van der Waals surface area contributed by atoms with Crippen molar-refractivity contribution >= 4 is 27.5 Å². The van der Waals surface area contributed by atoms with Gasteiger partial charge in [-0.15, -0.1) is 11.3 Å². The molecule has 0 N–H and O–H groups in total. The van der Waals surface area contributed by atoms with Gasteiger partial charge in [-0.3, -0.25) is 14.2 Å². The maximum Gasteiger partial charge on any atom is 0.282 e. The molecule has 4 aromatic rings. The lowest BCUT2D eigenvalue weighted by Crippen LogP contribution is -2.28. The van der Waals surface area contributed by atoms with E-state index in [0.29, 0.717) is 28.0 Å². The third kappa shape index (κ3) is 2.03. The number of rotatable bonds is 1. The monoisotopic (exact) mass is 344 g/mol. The molecule has 5 rings (SSSR count). The minimum Gasteiger partial charge on any atom is -0.268 e. The summed E-state index contributed by atoms with van der Waals surface area (Å²) in [5, 5.41) is 2.46. The number of carbonyl (C=O) groups excluding carboxylic acids is 1. The summed E-state index contributed by atoms with van der Waals surface area (Å²) in [6.45, 7) is 0. The maximum atomic E-state index is 13.0. The second kappa shape index (κ2) is 5.22. The Morgan fingerprint density at radius 2 is 1.68 bits per heavy atom. The minimum absolute atomic E-state index is 0.115. The molecule has 5 heteroatoms. The fourth-order valence-electron chi connectivity index (χ4n) is 3.39. The number of thiophene rings is 1. The quantitative estimate of drug-likeness (QED) is 0.466. The summed E-state index contributed by atoms with van der Waals surface area (Å²) < 4.78 is 1.61. The average molecular weight is 344 g/mol. The minimum atomic E-state index is -0.270. The molecule has 0 spiro atoms. The molecule has 0 bridgehead atoms. The van der Waals surface area contributed by atoms with E-state index in [9.17, 15) is 9.59 Å². The van der Waals surface area contributed by atoms with Crippen molar-refractivity contribution < 1.29 is 4.79 Å². The first-order valence-electron chi connectivity index (χ1n) is 7.95. The van der Waals surface area contributed by atoms with Crippen LogP contribution >= 0.6 is 11.3 Å². The van der Waals surface area contributed by atoms with Crippen LogP contribution in [-0.4, -0.2) is 15.5 Å². The molecule has 120 valence electrons. The van der Waals surface area contributed by atoms with Crippen LogP contribution in [0.3, 0.4) is 0 Å². The molecule has 2 aromatic carbocycles. The first kappa shape index (κ1) is 14.3. The van der Waals surface area contributed by atoms with Gasteiger partial charge in [-0.2, -0.15) is 4.98 Å². The van der Waals surface area contributed by atoms with Gasteiger partial charge >= 0.3 is 0 Å². The molecule has 2 aromatic heterocycles. The number of hydrogen-bond acceptors (Lipinski definition) is 4. The van der Waals surface area contributed by atoms with Crippen LogP contribution in [0.2, 0.25) is 0 Å². The van der Waals surface area contributed by atoms with Crippen molar-refractivity contribution in [3.63, 3.8) is 0 Å². The normalized spacial score (nSPS) is 12.9. The predicted molar refractivity (Wildman–Crippen MR) is 98.3 cm³/mol. The number of hydrogen-bond donors (Lipinski definition) is 0. The van der Waals surface area contributed by atoms with E-state index in [1.54, 1.807) is 4.57 Å². The van der Waals surface area contributed by atoms with Crippen molar-refractivity contribution in [2.75, 3.05) is 0 Å². The van der Waals surface area contributed by atoms with Crippen molar-refractivity contribution in [2.24, 2.45) is 0 Å². The molecule has 0 atom stereocenters. The molecule has 0 radical (unpaired) electrons. The Kier molecular flexibility index (Phi) is 2.99. The van der Waals surface area contributed by atoms with Crippen molar-refractivity contribution in [3.8, 4) is 11.1 Å². The molecule has 1 aliphatic rings. The molecule has 0 saturated carbocycles. The smallest absolute Gasteiger partial charge is 0.268 e. The molecule has 3 heterocycles. The predicted octanol–water partition coefficient (Wildman–Crippen LogP) is 3.72. The number of aromatic nitrogens is 2. The van der Waals surface area contributed by atoms with Gasteiger partial charge in [0, 0.05) is 22.9 Å². The fourth-order valence-corrected chi connectivity index (χ4v) is 4.48. The van der Waals surface area contributed by atoms with E-state index in [1.807, 2.05) is 60.0 Å². The van der Waals surface area contributed by atoms with Crippen molar-refractivity contribution in [1.29, 1.82) is 0 Å². The van der Waals surface area contributed by atoms with E-state index < -0.39 is 0 Å². The van der Waals surface area contributed by atoms with Crippen LogP contribution in [0.15, 0.2) is 64.8 Å². The van der Waals surface area contributed by atoms with Gasteiger partial charge in [0.25, 0.3) is 11.5 Å². The SMILES string of the molecule is O=C1c2ccccc2Cc2nc(=O)c3c(-c4ccccc4)csc3n21. The zero-order valence-corrected chi connectivity index (χ0v) is 13.9. The third-order valence-electron chi connectivity index (χ3n) is 4.56. The highest BCUT2D eigenvalue weighted by atomic mass is 32.1. The Balaban J connectivity index is 1.82. The van der Waals surface area contributed by atoms with Crippen molar-refractivity contribution in [3.05, 3.63) is 87.3 Å². The number of nitrogens with zero attached hydrogens (tertiary/aromatic N) is 2. The zero-order valence-electron chi connectivity index (χ0n) is 13.1. The lowest BCUT2D eigenvalue weighted by atomic mass is 9.99. The lowest BCUT2D eigenvalue weighted by molar-refractivity contribution is 0.0955. The maximum absolute atomic E-state index is 13.0. The van der Waals surface area contributed by atoms with Gasteiger partial charge in [-0.25, -0.2) is 0 Å². The van der Waals surface area contributed by atoms with Crippen LogP contribution < -0.4 is 5.56 Å². The van der Waals surface area contributed by atoms with Crippen LogP contribution in [0, 0.1) is 0 Å². The average Bonchev–Trinajstić information content (AvgIpc) is 3.08. The highest BCUT2D eigenvalue weighted by molar-refractivity contribution is 7.17. The first-order valence-corrected chi connectivity index (χ1v) is 8.83. The number of fused-ring (bicyclic) bond motifs is 4. The van der Waals surface area contributed by atoms with Gasteiger partial charge < -0.3 is 0 Å². The van der Waals surface area contributed by atoms with Gasteiger partial charge in [-0.05, 0) is 17.2 Å². The highest BCUT2D eigenvalue weighted by Gasteiger charge is 2.27. The topological polar surface area (TPSA) is 52.0 Å². The lowest BCUT2D eigenvalue weighted by Gasteiger charge is -2.20. The zero-order chi connectivity index (χ0) is 17.0. The summed E-state index contributed by atoms with van der Waals surface area (Å²) in [5.74, 6) is 0.401. The standard InChI is InChI=1S/C20H12N2O2S/c23-18-17-15(12-6-2-1-3-7-12)11-25-20(17)22-16(21-18)10-13-8-4-5-9-14(13)19(22)24/h1-9,11H,10H2. The summed E-state index contributed by atoms with van der Waals surface area (Å²) in [6, 6.07) is 17.2. The van der Waals surface area contributed by atoms with Gasteiger partial charge in [0.1, 0.15) is 10.7 Å². The molecule has 0 amide bonds. The molecule has 1 aliphatic heterocycles. The summed E-state index contributed by atoms with van der Waals surface area (Å²) in [6.07, 6.45) is 0.492. The molecular weight excluding hydrogens is 332 g/mol. The van der Waals surface area contributed by atoms with Gasteiger partial charge in [0.05, 0.1) is 5.39 Å². The molecule has 0 unspecified atom stereocenters. The van der Waals surface area contributed by atoms with Crippen LogP contribution in [-0.2, 0) is 6.42 Å². The Morgan fingerprint density at radius 1 is 0.920 bits per heavy atom. The Bertz CT molecular complexity index is 1210. The van der Waals surface area contributed by atoms with E-state index in [-0.39, 0.29) is 11.5 Å². The van der Waals surface area contributed by atoms with Crippen molar-refractivity contribution in [2.45, 2.75) is 6.42 Å². The van der Waals surface area contributed by atoms with E-state index in [0.717, 1.165) is 16.7 Å². The van der Waals surface area contributed by atoms with E-state index in [4.69, 9.17) is 0 Å². The van der Waals surface area contributed by atoms with Crippen LogP contribution in [0.5, 0.6) is 0 Å². The Labute approximate surface area is 147 Å². The molecule has 25 heavy (non-hydrogen) atoms. The largest absolute Gasteiger partial charge is 0.282 e. The van der Waals surface area contributed by atoms with Gasteiger partial charge in [-0.1, -0.05) is 48.5 Å². The van der Waals surface area contributed by atoms with Crippen LogP contribution in [0.4, 0.5) is 0 Å². The van der Waals surface area contributed by atoms with E-state index in [1.165, 1.54) is 11.3 Å². The highest BCUT2D eigenvalue weighted by Crippen LogP contribution is 2.34. The second-order valence-corrected chi connectivity index (χ2v) is 6.86. The first-order chi connectivity index (χ1) is 12.2. The third-order valence-corrected chi connectivity index (χ3v) is 5.53. The molecule has 4 nitrogen and oxygen atoms in total. The molecule has 0 aliphatic carbocycles. The summed E-state index contributed by atoms with van der Waals surface area (Å²) in [7, 11) is 0. The van der Waals surface area contributed by atoms with Crippen LogP contribution in [0.25, 0.3) is 21.3 Å². The number of carbonyl (C=O) groups is 1. The van der Waals surface area contributed by atoms with Gasteiger partial charge in [0.2, 0.25) is 0 Å².